The number of thioether (sulfide) groups is 1. The molecule has 2 aromatic rings. The van der Waals surface area contributed by atoms with Crippen LogP contribution in [0.5, 0.6) is 0 Å². The van der Waals surface area contributed by atoms with Crippen molar-refractivity contribution in [1.29, 1.82) is 0 Å². The van der Waals surface area contributed by atoms with E-state index in [0.29, 0.717) is 33.7 Å². The van der Waals surface area contributed by atoms with Crippen LogP contribution >= 0.6 is 11.8 Å². The number of allylic oxidation sites excluding steroid dienone is 1. The predicted molar refractivity (Wildman–Crippen MR) is 117 cm³/mol. The normalized spacial score (nSPS) is 15.9. The van der Waals surface area contributed by atoms with Gasteiger partial charge in [0.05, 0.1) is 24.2 Å². The lowest BCUT2D eigenvalue weighted by molar-refractivity contribution is -0.136. The number of esters is 1. The third-order valence-electron chi connectivity index (χ3n) is 5.01. The quantitative estimate of drug-likeness (QED) is 0.415. The Morgan fingerprint density at radius 2 is 1.97 bits per heavy atom. The summed E-state index contributed by atoms with van der Waals surface area (Å²) in [6.45, 7) is 8.15. The van der Waals surface area contributed by atoms with Gasteiger partial charge in [-0.2, -0.15) is 0 Å². The van der Waals surface area contributed by atoms with E-state index < -0.39 is 11.9 Å². The first-order chi connectivity index (χ1) is 13.9. The summed E-state index contributed by atoms with van der Waals surface area (Å²) in [6, 6.07) is 8.03. The topological polar surface area (TPSA) is 84.1 Å². The van der Waals surface area contributed by atoms with Crippen LogP contribution in [0.25, 0.3) is 0 Å². The summed E-state index contributed by atoms with van der Waals surface area (Å²) in [7, 11) is 1.35. The fourth-order valence-corrected chi connectivity index (χ4v) is 4.20. The Kier molecular flexibility index (Phi) is 6.47. The molecular formula is C22H27N3O3S. The van der Waals surface area contributed by atoms with Crippen LogP contribution in [0.2, 0.25) is 0 Å². The molecule has 0 saturated carbocycles. The van der Waals surface area contributed by atoms with E-state index >= 15 is 0 Å². The van der Waals surface area contributed by atoms with Crippen molar-refractivity contribution in [2.45, 2.75) is 51.1 Å². The highest BCUT2D eigenvalue weighted by atomic mass is 32.2. The van der Waals surface area contributed by atoms with Gasteiger partial charge in [-0.15, -0.1) is 0 Å². The van der Waals surface area contributed by atoms with Gasteiger partial charge < -0.3 is 15.0 Å². The van der Waals surface area contributed by atoms with Gasteiger partial charge in [-0.1, -0.05) is 56.8 Å². The molecule has 0 fully saturated rings. The highest BCUT2D eigenvalue weighted by molar-refractivity contribution is 7.99. The number of carbonyl (C=O) groups is 1. The lowest BCUT2D eigenvalue weighted by Gasteiger charge is -2.28. The SMILES string of the molecule is CCCSc1nc2c(c(=O)[nH]1)[C@H](c1ccc(C(C)C)cc1)C(C(=O)OC)=C(C)N2. The molecule has 1 aliphatic heterocycles. The van der Waals surface area contributed by atoms with Gasteiger partial charge in [0.25, 0.3) is 5.56 Å². The number of rotatable bonds is 6. The van der Waals surface area contributed by atoms with Crippen LogP contribution < -0.4 is 10.9 Å². The maximum absolute atomic E-state index is 13.0. The lowest BCUT2D eigenvalue weighted by Crippen LogP contribution is -2.31. The summed E-state index contributed by atoms with van der Waals surface area (Å²) in [5.41, 5.74) is 3.33. The van der Waals surface area contributed by atoms with Gasteiger partial charge in [0, 0.05) is 11.4 Å². The van der Waals surface area contributed by atoms with Crippen molar-refractivity contribution >= 4 is 23.5 Å². The molecule has 2 N–H and O–H groups in total. The van der Waals surface area contributed by atoms with E-state index in [-0.39, 0.29) is 5.56 Å². The second kappa shape index (κ2) is 8.86. The maximum Gasteiger partial charge on any atom is 0.336 e. The first kappa shape index (κ1) is 21.2. The average molecular weight is 414 g/mol. The fraction of sp³-hybridized carbons (Fsp3) is 0.409. The van der Waals surface area contributed by atoms with E-state index in [1.165, 1.54) is 24.4 Å². The zero-order valence-corrected chi connectivity index (χ0v) is 18.3. The van der Waals surface area contributed by atoms with Crippen molar-refractivity contribution in [3.63, 3.8) is 0 Å². The van der Waals surface area contributed by atoms with E-state index in [1.54, 1.807) is 0 Å². The van der Waals surface area contributed by atoms with Crippen LogP contribution in [-0.2, 0) is 9.53 Å². The van der Waals surface area contributed by atoms with Crippen LogP contribution in [0.15, 0.2) is 45.5 Å². The van der Waals surface area contributed by atoms with E-state index in [1.807, 2.05) is 31.2 Å². The number of ether oxygens (including phenoxy) is 1. The molecule has 2 heterocycles. The van der Waals surface area contributed by atoms with Crippen molar-refractivity contribution in [3.8, 4) is 0 Å². The van der Waals surface area contributed by atoms with Crippen LogP contribution in [-0.4, -0.2) is 28.8 Å². The van der Waals surface area contributed by atoms with Gasteiger partial charge in [-0.05, 0) is 30.4 Å². The molecule has 6 nitrogen and oxygen atoms in total. The molecule has 3 rings (SSSR count). The van der Waals surface area contributed by atoms with E-state index in [4.69, 9.17) is 4.74 Å². The number of nitrogens with one attached hydrogen (secondary N) is 2. The van der Waals surface area contributed by atoms with Crippen molar-refractivity contribution in [3.05, 3.63) is 62.6 Å². The number of benzene rings is 1. The van der Waals surface area contributed by atoms with E-state index in [0.717, 1.165) is 17.7 Å². The number of methoxy groups -OCH3 is 1. The van der Waals surface area contributed by atoms with Gasteiger partial charge in [0.2, 0.25) is 0 Å². The summed E-state index contributed by atoms with van der Waals surface area (Å²) >= 11 is 1.51. The molecule has 1 atom stereocenters. The molecule has 0 aliphatic carbocycles. The second-order valence-corrected chi connectivity index (χ2v) is 8.48. The molecule has 1 aromatic carbocycles. The van der Waals surface area contributed by atoms with E-state index in [2.05, 4.69) is 36.1 Å². The molecule has 0 radical (unpaired) electrons. The molecule has 0 amide bonds. The summed E-state index contributed by atoms with van der Waals surface area (Å²) in [4.78, 5) is 33.1. The molecule has 154 valence electrons. The minimum absolute atomic E-state index is 0.243. The lowest BCUT2D eigenvalue weighted by atomic mass is 9.82. The third kappa shape index (κ3) is 4.24. The van der Waals surface area contributed by atoms with Gasteiger partial charge in [0.1, 0.15) is 5.82 Å². The van der Waals surface area contributed by atoms with Crippen LogP contribution in [0.4, 0.5) is 5.82 Å². The second-order valence-electron chi connectivity index (χ2n) is 7.39. The number of H-pyrrole nitrogens is 1. The molecule has 7 heteroatoms. The Labute approximate surface area is 175 Å². The first-order valence-corrected chi connectivity index (χ1v) is 10.8. The minimum Gasteiger partial charge on any atom is -0.466 e. The number of nitrogens with zero attached hydrogens (tertiary/aromatic N) is 1. The molecular weight excluding hydrogens is 386 g/mol. The van der Waals surface area contributed by atoms with Crippen molar-refractivity contribution < 1.29 is 9.53 Å². The van der Waals surface area contributed by atoms with Gasteiger partial charge in [0.15, 0.2) is 5.16 Å². The highest BCUT2D eigenvalue weighted by Crippen LogP contribution is 2.40. The Morgan fingerprint density at radius 1 is 1.28 bits per heavy atom. The third-order valence-corrected chi connectivity index (χ3v) is 6.08. The summed E-state index contributed by atoms with van der Waals surface area (Å²) < 4.78 is 5.03. The van der Waals surface area contributed by atoms with Crippen molar-refractivity contribution in [1.82, 2.24) is 9.97 Å². The molecule has 0 bridgehead atoms. The molecule has 0 spiro atoms. The molecule has 0 saturated heterocycles. The number of carbonyl (C=O) groups excluding carboxylic acids is 1. The Hall–Kier alpha value is -2.54. The molecule has 1 aliphatic rings. The first-order valence-electron chi connectivity index (χ1n) is 9.80. The van der Waals surface area contributed by atoms with Crippen LogP contribution in [0.3, 0.4) is 0 Å². The average Bonchev–Trinajstić information content (AvgIpc) is 2.70. The zero-order valence-electron chi connectivity index (χ0n) is 17.5. The minimum atomic E-state index is -0.540. The van der Waals surface area contributed by atoms with Crippen molar-refractivity contribution in [2.75, 3.05) is 18.2 Å². The number of hydrogen-bond acceptors (Lipinski definition) is 6. The zero-order chi connectivity index (χ0) is 21.1. The number of aromatic nitrogens is 2. The molecule has 29 heavy (non-hydrogen) atoms. The fourth-order valence-electron chi connectivity index (χ4n) is 3.49. The highest BCUT2D eigenvalue weighted by Gasteiger charge is 2.36. The van der Waals surface area contributed by atoms with Gasteiger partial charge in [-0.25, -0.2) is 9.78 Å². The molecule has 1 aromatic heterocycles. The standard InChI is InChI=1S/C22H27N3O3S/c1-6-11-29-22-24-19-18(20(26)25-22)17(16(13(4)23-19)21(27)28-5)15-9-7-14(8-10-15)12(2)3/h7-10,12,17H,6,11H2,1-5H3,(H2,23,24,25,26)/t17-/m1/s1. The Bertz CT molecular complexity index is 993. The molecule has 0 unspecified atom stereocenters. The summed E-state index contributed by atoms with van der Waals surface area (Å²) in [5, 5.41) is 3.72. The number of hydrogen-bond donors (Lipinski definition) is 2. The largest absolute Gasteiger partial charge is 0.466 e. The Balaban J connectivity index is 2.17. The summed E-state index contributed by atoms with van der Waals surface area (Å²) in [6.07, 6.45) is 0.981. The smallest absolute Gasteiger partial charge is 0.336 e. The van der Waals surface area contributed by atoms with Gasteiger partial charge >= 0.3 is 5.97 Å². The maximum atomic E-state index is 13.0. The summed E-state index contributed by atoms with van der Waals surface area (Å²) in [5.74, 6) is 0.758. The number of aromatic amines is 1. The monoisotopic (exact) mass is 413 g/mol. The Morgan fingerprint density at radius 3 is 2.55 bits per heavy atom. The number of anilines is 1. The van der Waals surface area contributed by atoms with Crippen LogP contribution in [0.1, 0.15) is 62.6 Å². The number of fused-ring (bicyclic) bond motifs is 1. The predicted octanol–water partition coefficient (Wildman–Crippen LogP) is 4.40. The van der Waals surface area contributed by atoms with Gasteiger partial charge in [-0.3, -0.25) is 4.79 Å². The van der Waals surface area contributed by atoms with E-state index in [9.17, 15) is 9.59 Å². The van der Waals surface area contributed by atoms with Crippen molar-refractivity contribution in [2.24, 2.45) is 0 Å². The van der Waals surface area contributed by atoms with Crippen LogP contribution in [0, 0.1) is 0 Å².